The van der Waals surface area contributed by atoms with Crippen LogP contribution < -0.4 is 16.6 Å². The summed E-state index contributed by atoms with van der Waals surface area (Å²) in [6.45, 7) is 0.932. The van der Waals surface area contributed by atoms with Gasteiger partial charge in [0.15, 0.2) is 0 Å². The van der Waals surface area contributed by atoms with Gasteiger partial charge in [-0.25, -0.2) is 0 Å². The Morgan fingerprint density at radius 3 is 2.50 bits per heavy atom. The lowest BCUT2D eigenvalue weighted by atomic mass is 9.97. The summed E-state index contributed by atoms with van der Waals surface area (Å²) in [5, 5.41) is 25.4. The molecule has 1 aromatic heterocycles. The molecule has 1 heterocycles. The molecule has 1 atom stereocenters. The van der Waals surface area contributed by atoms with Gasteiger partial charge in [0, 0.05) is 34.3 Å². The highest BCUT2D eigenvalue weighted by molar-refractivity contribution is 6.33. The molecule has 0 unspecified atom stereocenters. The molecule has 0 saturated carbocycles. The van der Waals surface area contributed by atoms with E-state index in [4.69, 9.17) is 17.3 Å². The Bertz CT molecular complexity index is 1660. The molecule has 0 aliphatic rings. The first-order valence-corrected chi connectivity index (χ1v) is 12.8. The van der Waals surface area contributed by atoms with E-state index in [1.807, 2.05) is 48.5 Å². The maximum Gasteiger partial charge on any atom is 0.248 e. The smallest absolute Gasteiger partial charge is 0.248 e. The molecule has 0 amide bonds. The van der Waals surface area contributed by atoms with Crippen molar-refractivity contribution in [2.24, 2.45) is 0 Å². The number of aromatic amines is 1. The minimum absolute atomic E-state index is 0.0314. The molecule has 0 fully saturated rings. The van der Waals surface area contributed by atoms with Crippen molar-refractivity contribution in [1.29, 1.82) is 0 Å². The van der Waals surface area contributed by atoms with E-state index in [1.54, 1.807) is 12.1 Å². The van der Waals surface area contributed by atoms with E-state index in [-0.39, 0.29) is 11.3 Å². The Kier molecular flexibility index (Phi) is 7.47. The van der Waals surface area contributed by atoms with Gasteiger partial charge in [-0.05, 0) is 71.1 Å². The van der Waals surface area contributed by atoms with Crippen LogP contribution in [0.2, 0.25) is 5.02 Å². The summed E-state index contributed by atoms with van der Waals surface area (Å²) in [6, 6.07) is 28.2. The third kappa shape index (κ3) is 5.43. The SMILES string of the molecule is Nc1cc(-c2cccc(-c3ccccc3Cl)c2)ccc1CCNC[C@H](O)c1ccc(O)c2[nH]c(=O)ccc12. The second kappa shape index (κ2) is 11.1. The number of nitrogens with two attached hydrogens (primary N) is 1. The highest BCUT2D eigenvalue weighted by atomic mass is 35.5. The van der Waals surface area contributed by atoms with Crippen LogP contribution in [-0.2, 0) is 6.42 Å². The number of pyridine rings is 1. The van der Waals surface area contributed by atoms with Crippen molar-refractivity contribution in [2.75, 3.05) is 18.8 Å². The van der Waals surface area contributed by atoms with Gasteiger partial charge in [-0.2, -0.15) is 0 Å². The average Bonchev–Trinajstić information content (AvgIpc) is 2.92. The molecule has 6 N–H and O–H groups in total. The molecule has 5 rings (SSSR count). The van der Waals surface area contributed by atoms with Crippen molar-refractivity contribution in [1.82, 2.24) is 10.3 Å². The number of anilines is 1. The zero-order valence-electron chi connectivity index (χ0n) is 20.6. The van der Waals surface area contributed by atoms with Crippen LogP contribution in [0.15, 0.2) is 95.8 Å². The van der Waals surface area contributed by atoms with Crippen LogP contribution in [0.1, 0.15) is 17.2 Å². The first kappa shape index (κ1) is 25.5. The van der Waals surface area contributed by atoms with Crippen LogP contribution in [-0.4, -0.2) is 28.3 Å². The molecule has 0 bridgehead atoms. The molecule has 0 aliphatic carbocycles. The number of halogens is 1. The molecule has 5 aromatic rings. The lowest BCUT2D eigenvalue weighted by Gasteiger charge is -2.16. The van der Waals surface area contributed by atoms with Gasteiger partial charge in [0.2, 0.25) is 5.56 Å². The molecule has 192 valence electrons. The lowest BCUT2D eigenvalue weighted by molar-refractivity contribution is 0.176. The predicted octanol–water partition coefficient (Wildman–Crippen LogP) is 5.67. The highest BCUT2D eigenvalue weighted by Crippen LogP contribution is 2.32. The van der Waals surface area contributed by atoms with Crippen LogP contribution in [0.5, 0.6) is 5.75 Å². The van der Waals surface area contributed by atoms with Crippen molar-refractivity contribution in [3.63, 3.8) is 0 Å². The maximum atomic E-state index is 11.6. The first-order valence-electron chi connectivity index (χ1n) is 12.4. The number of aromatic hydroxyl groups is 1. The Balaban J connectivity index is 1.23. The van der Waals surface area contributed by atoms with E-state index in [1.165, 1.54) is 12.1 Å². The Hall–Kier alpha value is -4.10. The number of aliphatic hydroxyl groups excluding tert-OH is 1. The third-order valence-electron chi connectivity index (χ3n) is 6.70. The zero-order valence-corrected chi connectivity index (χ0v) is 21.4. The van der Waals surface area contributed by atoms with Crippen molar-refractivity contribution >= 4 is 28.2 Å². The van der Waals surface area contributed by atoms with Gasteiger partial charge in [0.1, 0.15) is 5.75 Å². The number of rotatable bonds is 8. The van der Waals surface area contributed by atoms with E-state index < -0.39 is 6.10 Å². The van der Waals surface area contributed by atoms with Gasteiger partial charge < -0.3 is 26.2 Å². The first-order chi connectivity index (χ1) is 18.4. The van der Waals surface area contributed by atoms with Crippen molar-refractivity contribution in [3.05, 3.63) is 117 Å². The van der Waals surface area contributed by atoms with E-state index in [9.17, 15) is 15.0 Å². The second-order valence-electron chi connectivity index (χ2n) is 9.23. The standard InChI is InChI=1S/C31H28ClN3O3/c32-26-7-2-1-6-23(26)22-5-3-4-20(16-22)21-9-8-19(27(33)17-21)14-15-34-18-29(37)24-10-12-28(36)31-25(24)11-13-30(38)35-31/h1-13,16-17,29,34,36-37H,14-15,18,33H2,(H,35,38)/t29-/m0/s1. The number of benzene rings is 4. The average molecular weight is 526 g/mol. The fourth-order valence-electron chi connectivity index (χ4n) is 4.69. The monoisotopic (exact) mass is 525 g/mol. The number of phenolic OH excluding ortho intramolecular Hbond substituents is 1. The number of hydrogen-bond acceptors (Lipinski definition) is 5. The maximum absolute atomic E-state index is 11.6. The zero-order chi connectivity index (χ0) is 26.6. The van der Waals surface area contributed by atoms with Crippen LogP contribution in [0.4, 0.5) is 5.69 Å². The summed E-state index contributed by atoms with van der Waals surface area (Å²) < 4.78 is 0. The molecule has 7 heteroatoms. The largest absolute Gasteiger partial charge is 0.506 e. The second-order valence-corrected chi connectivity index (χ2v) is 9.64. The topological polar surface area (TPSA) is 111 Å². The summed E-state index contributed by atoms with van der Waals surface area (Å²) in [5.41, 5.74) is 12.9. The molecule has 4 aromatic carbocycles. The van der Waals surface area contributed by atoms with Gasteiger partial charge in [0.05, 0.1) is 11.6 Å². The van der Waals surface area contributed by atoms with Crippen molar-refractivity contribution in [2.45, 2.75) is 12.5 Å². The van der Waals surface area contributed by atoms with Crippen molar-refractivity contribution in [3.8, 4) is 28.0 Å². The Morgan fingerprint density at radius 2 is 1.68 bits per heavy atom. The molecular weight excluding hydrogens is 498 g/mol. The summed E-state index contributed by atoms with van der Waals surface area (Å²) in [6.07, 6.45) is -0.114. The van der Waals surface area contributed by atoms with Crippen molar-refractivity contribution < 1.29 is 10.2 Å². The number of H-pyrrole nitrogens is 1. The molecule has 0 aliphatic heterocycles. The normalized spacial score (nSPS) is 12.1. The summed E-state index contributed by atoms with van der Waals surface area (Å²) in [7, 11) is 0. The molecule has 0 spiro atoms. The molecule has 0 saturated heterocycles. The van der Waals surface area contributed by atoms with Gasteiger partial charge >= 0.3 is 0 Å². The van der Waals surface area contributed by atoms with E-state index in [0.29, 0.717) is 46.7 Å². The van der Waals surface area contributed by atoms with E-state index >= 15 is 0 Å². The van der Waals surface area contributed by atoms with E-state index in [2.05, 4.69) is 28.5 Å². The number of nitrogen functional groups attached to an aromatic ring is 1. The summed E-state index contributed by atoms with van der Waals surface area (Å²) in [4.78, 5) is 14.2. The Morgan fingerprint density at radius 1 is 0.895 bits per heavy atom. The number of nitrogens with one attached hydrogen (secondary N) is 2. The fraction of sp³-hybridized carbons (Fsp3) is 0.129. The number of phenols is 1. The highest BCUT2D eigenvalue weighted by Gasteiger charge is 2.14. The van der Waals surface area contributed by atoms with Crippen LogP contribution in [0.25, 0.3) is 33.2 Å². The van der Waals surface area contributed by atoms with Crippen LogP contribution in [0, 0.1) is 0 Å². The minimum Gasteiger partial charge on any atom is -0.506 e. The molecule has 0 radical (unpaired) electrons. The van der Waals surface area contributed by atoms with Gasteiger partial charge in [0.25, 0.3) is 0 Å². The third-order valence-corrected chi connectivity index (χ3v) is 7.03. The van der Waals surface area contributed by atoms with Gasteiger partial charge in [-0.15, -0.1) is 0 Å². The molecule has 38 heavy (non-hydrogen) atoms. The quantitative estimate of drug-likeness (QED) is 0.132. The number of aliphatic hydroxyl groups is 1. The predicted molar refractivity (Wildman–Crippen MR) is 155 cm³/mol. The van der Waals surface area contributed by atoms with Gasteiger partial charge in [-0.1, -0.05) is 66.2 Å². The number of hydrogen-bond donors (Lipinski definition) is 5. The van der Waals surface area contributed by atoms with Crippen LogP contribution in [0.3, 0.4) is 0 Å². The molecule has 6 nitrogen and oxygen atoms in total. The number of aromatic nitrogens is 1. The van der Waals surface area contributed by atoms with Crippen LogP contribution >= 0.6 is 11.6 Å². The summed E-state index contributed by atoms with van der Waals surface area (Å²) >= 11 is 6.39. The van der Waals surface area contributed by atoms with E-state index in [0.717, 1.165) is 27.8 Å². The van der Waals surface area contributed by atoms with Gasteiger partial charge in [-0.3, -0.25) is 4.79 Å². The minimum atomic E-state index is -0.811. The fourth-order valence-corrected chi connectivity index (χ4v) is 4.93. The lowest BCUT2D eigenvalue weighted by Crippen LogP contribution is -2.24. The number of fused-ring (bicyclic) bond motifs is 1. The summed E-state index contributed by atoms with van der Waals surface area (Å²) in [5.74, 6) is -0.0314. The molecular formula is C31H28ClN3O3. The Labute approximate surface area is 225 Å².